The van der Waals surface area contributed by atoms with E-state index in [0.29, 0.717) is 11.3 Å². The molecule has 94 valence electrons. The molecule has 6 heteroatoms. The fourth-order valence-corrected chi connectivity index (χ4v) is 1.44. The Morgan fingerprint density at radius 3 is 2.47 bits per heavy atom. The molecule has 0 saturated heterocycles. The maximum Gasteiger partial charge on any atom is 0.238 e. The Bertz CT molecular complexity index is 560. The Balaban J connectivity index is 2.62. The molecule has 0 spiro atoms. The number of rotatable bonds is 5. The summed E-state index contributed by atoms with van der Waals surface area (Å²) in [4.78, 5) is 13.1. The molecule has 0 bridgehead atoms. The molecule has 1 N–H and O–H groups in total. The minimum Gasteiger partial charge on any atom is -0.325 e. The first-order valence-electron chi connectivity index (χ1n) is 5.46. The fraction of sp³-hybridized carbons (Fsp3) is 0.231. The Morgan fingerprint density at radius 2 is 1.89 bits per heavy atom. The van der Waals surface area contributed by atoms with Crippen LogP contribution in [0.15, 0.2) is 24.3 Å². The van der Waals surface area contributed by atoms with Crippen molar-refractivity contribution in [2.45, 2.75) is 0 Å². The van der Waals surface area contributed by atoms with Crippen LogP contribution in [0.4, 0.5) is 5.69 Å². The van der Waals surface area contributed by atoms with Gasteiger partial charge in [0.15, 0.2) is 0 Å². The molecule has 0 aromatic heterocycles. The maximum atomic E-state index is 11.7. The van der Waals surface area contributed by atoms with Gasteiger partial charge in [0.2, 0.25) is 5.91 Å². The Morgan fingerprint density at radius 1 is 1.21 bits per heavy atom. The van der Waals surface area contributed by atoms with E-state index in [9.17, 15) is 4.79 Å². The second kappa shape index (κ2) is 7.45. The molecule has 0 aliphatic carbocycles. The van der Waals surface area contributed by atoms with E-state index in [2.05, 4.69) is 5.32 Å². The number of nitrogens with zero attached hydrogens (tertiary/aromatic N) is 4. The summed E-state index contributed by atoms with van der Waals surface area (Å²) in [6, 6.07) is 12.3. The largest absolute Gasteiger partial charge is 0.325 e. The summed E-state index contributed by atoms with van der Waals surface area (Å²) >= 11 is 0. The number of carbonyl (C=O) groups excluding carboxylic acids is 1. The van der Waals surface area contributed by atoms with Crippen LogP contribution in [0.25, 0.3) is 0 Å². The van der Waals surface area contributed by atoms with E-state index in [1.807, 2.05) is 18.2 Å². The van der Waals surface area contributed by atoms with Crippen LogP contribution in [-0.4, -0.2) is 30.4 Å². The lowest BCUT2D eigenvalue weighted by Crippen LogP contribution is -2.33. The molecule has 0 aliphatic rings. The third-order valence-electron chi connectivity index (χ3n) is 2.23. The van der Waals surface area contributed by atoms with Gasteiger partial charge in [0.05, 0.1) is 43.4 Å². The summed E-state index contributed by atoms with van der Waals surface area (Å²) in [7, 11) is 0. The van der Waals surface area contributed by atoms with Gasteiger partial charge in [0.1, 0.15) is 0 Å². The van der Waals surface area contributed by atoms with Crippen LogP contribution in [0.3, 0.4) is 0 Å². The van der Waals surface area contributed by atoms with Crippen LogP contribution in [0.1, 0.15) is 5.56 Å². The molecule has 0 fully saturated rings. The van der Waals surface area contributed by atoms with E-state index in [4.69, 9.17) is 15.8 Å². The van der Waals surface area contributed by atoms with E-state index in [1.165, 1.54) is 4.90 Å². The highest BCUT2D eigenvalue weighted by atomic mass is 16.2. The van der Waals surface area contributed by atoms with Crippen molar-refractivity contribution in [1.29, 1.82) is 15.8 Å². The highest BCUT2D eigenvalue weighted by Gasteiger charge is 2.10. The van der Waals surface area contributed by atoms with Gasteiger partial charge in [0.25, 0.3) is 0 Å². The molecule has 1 aromatic carbocycles. The molecule has 0 heterocycles. The van der Waals surface area contributed by atoms with Gasteiger partial charge in [-0.25, -0.2) is 0 Å². The second-order valence-electron chi connectivity index (χ2n) is 3.70. The molecule has 1 amide bonds. The predicted octanol–water partition coefficient (Wildman–Crippen LogP) is 0.846. The molecule has 1 aromatic rings. The van der Waals surface area contributed by atoms with E-state index < -0.39 is 0 Å². The Labute approximate surface area is 111 Å². The molecule has 0 radical (unpaired) electrons. The van der Waals surface area contributed by atoms with Gasteiger partial charge >= 0.3 is 0 Å². The first-order valence-corrected chi connectivity index (χ1v) is 5.46. The summed E-state index contributed by atoms with van der Waals surface area (Å²) in [5.41, 5.74) is 0.960. The smallest absolute Gasteiger partial charge is 0.238 e. The Kier molecular flexibility index (Phi) is 5.56. The molecular weight excluding hydrogens is 242 g/mol. The van der Waals surface area contributed by atoms with E-state index in [-0.39, 0.29) is 25.5 Å². The first kappa shape index (κ1) is 14.2. The number of nitriles is 3. The third-order valence-corrected chi connectivity index (χ3v) is 2.23. The van der Waals surface area contributed by atoms with Crippen molar-refractivity contribution in [2.75, 3.05) is 25.0 Å². The number of hydrogen-bond acceptors (Lipinski definition) is 5. The Hall–Kier alpha value is -2.88. The van der Waals surface area contributed by atoms with Crippen LogP contribution in [0, 0.1) is 34.0 Å². The van der Waals surface area contributed by atoms with Crippen molar-refractivity contribution in [1.82, 2.24) is 4.90 Å². The van der Waals surface area contributed by atoms with Crippen molar-refractivity contribution >= 4 is 11.6 Å². The molecule has 0 unspecified atom stereocenters. The lowest BCUT2D eigenvalue weighted by molar-refractivity contribution is -0.117. The molecule has 6 nitrogen and oxygen atoms in total. The standard InChI is InChI=1S/C13H11N5O/c14-4-6-18(7-5-15)10-13(19)17-12-3-1-2-11(8-12)9-16/h1-3,8H,6-7,10H2,(H,17,19). The van der Waals surface area contributed by atoms with Crippen LogP contribution < -0.4 is 5.32 Å². The SMILES string of the molecule is N#CCN(CC#N)CC(=O)Nc1cccc(C#N)c1. The van der Waals surface area contributed by atoms with Crippen LogP contribution in [0.5, 0.6) is 0 Å². The number of nitrogens with one attached hydrogen (secondary N) is 1. The van der Waals surface area contributed by atoms with Crippen LogP contribution >= 0.6 is 0 Å². The summed E-state index contributed by atoms with van der Waals surface area (Å²) < 4.78 is 0. The minimum atomic E-state index is -0.333. The highest BCUT2D eigenvalue weighted by Crippen LogP contribution is 2.09. The monoisotopic (exact) mass is 253 g/mol. The quantitative estimate of drug-likeness (QED) is 0.783. The molecule has 19 heavy (non-hydrogen) atoms. The molecule has 1 rings (SSSR count). The van der Waals surface area contributed by atoms with Gasteiger partial charge in [-0.2, -0.15) is 15.8 Å². The number of benzene rings is 1. The van der Waals surface area contributed by atoms with Crippen molar-refractivity contribution < 1.29 is 4.79 Å². The number of carbonyl (C=O) groups is 1. The van der Waals surface area contributed by atoms with Crippen molar-refractivity contribution in [3.8, 4) is 18.2 Å². The van der Waals surface area contributed by atoms with Gasteiger partial charge < -0.3 is 5.32 Å². The van der Waals surface area contributed by atoms with Crippen LogP contribution in [0.2, 0.25) is 0 Å². The van der Waals surface area contributed by atoms with Gasteiger partial charge in [-0.05, 0) is 18.2 Å². The third kappa shape index (κ3) is 4.87. The highest BCUT2D eigenvalue weighted by molar-refractivity contribution is 5.92. The maximum absolute atomic E-state index is 11.7. The second-order valence-corrected chi connectivity index (χ2v) is 3.70. The summed E-state index contributed by atoms with van der Waals surface area (Å²) in [6.07, 6.45) is 0. The number of hydrogen-bond donors (Lipinski definition) is 1. The van der Waals surface area contributed by atoms with Crippen molar-refractivity contribution in [2.24, 2.45) is 0 Å². The minimum absolute atomic E-state index is 0.0131. The zero-order chi connectivity index (χ0) is 14.1. The van der Waals surface area contributed by atoms with E-state index >= 15 is 0 Å². The van der Waals surface area contributed by atoms with Crippen LogP contribution in [-0.2, 0) is 4.79 Å². The molecule has 0 saturated carbocycles. The molecule has 0 aliphatic heterocycles. The number of amides is 1. The van der Waals surface area contributed by atoms with E-state index in [1.54, 1.807) is 24.3 Å². The number of anilines is 1. The zero-order valence-electron chi connectivity index (χ0n) is 10.1. The topological polar surface area (TPSA) is 104 Å². The van der Waals surface area contributed by atoms with Crippen molar-refractivity contribution in [3.63, 3.8) is 0 Å². The van der Waals surface area contributed by atoms with Gasteiger partial charge in [-0.1, -0.05) is 6.07 Å². The predicted molar refractivity (Wildman–Crippen MR) is 67.5 cm³/mol. The van der Waals surface area contributed by atoms with Crippen molar-refractivity contribution in [3.05, 3.63) is 29.8 Å². The van der Waals surface area contributed by atoms with Gasteiger partial charge in [0, 0.05) is 5.69 Å². The average molecular weight is 253 g/mol. The van der Waals surface area contributed by atoms with E-state index in [0.717, 1.165) is 0 Å². The zero-order valence-corrected chi connectivity index (χ0v) is 10.1. The summed E-state index contributed by atoms with van der Waals surface area (Å²) in [5, 5.41) is 28.5. The fourth-order valence-electron chi connectivity index (χ4n) is 1.44. The first-order chi connectivity index (χ1) is 9.19. The normalized spacial score (nSPS) is 9.16. The van der Waals surface area contributed by atoms with Gasteiger partial charge in [-0.15, -0.1) is 0 Å². The lowest BCUT2D eigenvalue weighted by atomic mass is 10.2. The summed E-state index contributed by atoms with van der Waals surface area (Å²) in [6.45, 7) is -0.0175. The van der Waals surface area contributed by atoms with Gasteiger partial charge in [-0.3, -0.25) is 9.69 Å². The average Bonchev–Trinajstić information content (AvgIpc) is 2.39. The molecule has 0 atom stereocenters. The summed E-state index contributed by atoms with van der Waals surface area (Å²) in [5.74, 6) is -0.333. The lowest BCUT2D eigenvalue weighted by Gasteiger charge is -2.14. The molecular formula is C13H11N5O.